The number of hydrogen-bond donors (Lipinski definition) is 0. The highest BCUT2D eigenvalue weighted by Crippen LogP contribution is 2.30. The third-order valence-electron chi connectivity index (χ3n) is 3.97. The first-order valence-corrected chi connectivity index (χ1v) is 13.1. The van der Waals surface area contributed by atoms with E-state index in [-0.39, 0.29) is 17.8 Å². The van der Waals surface area contributed by atoms with Crippen molar-refractivity contribution in [3.05, 3.63) is 41.5 Å². The summed E-state index contributed by atoms with van der Waals surface area (Å²) in [4.78, 5) is 21.2. The number of nitrogens with zero attached hydrogens (tertiary/aromatic N) is 2. The number of methoxy groups -OCH3 is 2. The Kier molecular flexibility index (Phi) is 7.78. The number of allylic oxidation sites excluding steroid dienone is 1. The van der Waals surface area contributed by atoms with E-state index in [1.165, 1.54) is 20.3 Å². The van der Waals surface area contributed by atoms with E-state index in [0.717, 1.165) is 6.04 Å². The number of carbonyl (C=O) groups excluding carboxylic acids is 1. The van der Waals surface area contributed by atoms with Crippen LogP contribution in [0.25, 0.3) is 6.08 Å². The van der Waals surface area contributed by atoms with Crippen LogP contribution in [-0.4, -0.2) is 44.8 Å². The van der Waals surface area contributed by atoms with Crippen molar-refractivity contribution in [1.82, 2.24) is 9.97 Å². The van der Waals surface area contributed by atoms with Crippen molar-refractivity contribution in [1.29, 1.82) is 0 Å². The van der Waals surface area contributed by atoms with E-state index in [0.29, 0.717) is 23.5 Å². The molecule has 0 radical (unpaired) electrons. The van der Waals surface area contributed by atoms with Gasteiger partial charge in [-0.15, -0.1) is 0 Å². The van der Waals surface area contributed by atoms with Crippen LogP contribution in [0.3, 0.4) is 0 Å². The second-order valence-corrected chi connectivity index (χ2v) is 13.1. The molecule has 156 valence electrons. The summed E-state index contributed by atoms with van der Waals surface area (Å²) >= 11 is 0. The molecule has 1 heterocycles. The molecule has 0 fully saturated rings. The molecular weight excluding hydrogens is 388 g/mol. The van der Waals surface area contributed by atoms with E-state index >= 15 is 0 Å². The summed E-state index contributed by atoms with van der Waals surface area (Å²) in [5, 5.41) is 0. The summed E-state index contributed by atoms with van der Waals surface area (Å²) < 4.78 is 21.7. The minimum Gasteiger partial charge on any atom is -0.481 e. The van der Waals surface area contributed by atoms with Gasteiger partial charge in [-0.05, 0) is 24.6 Å². The summed E-state index contributed by atoms with van der Waals surface area (Å²) in [5.41, 5.74) is 1.02. The molecule has 0 spiro atoms. The molecule has 0 bridgehead atoms. The topological polar surface area (TPSA) is 79.8 Å². The molecular formula is C21H28N2O5Si. The summed E-state index contributed by atoms with van der Waals surface area (Å²) in [5.74, 6) is 0.433. The van der Waals surface area contributed by atoms with Gasteiger partial charge in [-0.3, -0.25) is 0 Å². The minimum absolute atomic E-state index is 0.00924. The zero-order chi connectivity index (χ0) is 21.4. The number of ether oxygens (including phenoxy) is 4. The van der Waals surface area contributed by atoms with Crippen LogP contribution in [0.2, 0.25) is 25.7 Å². The standard InChI is InChI=1S/C21H28N2O5Si/c1-7-9-15-10-8-11-16(19(15)20(24)27-12-13-29(4,5)6)28-21-22-17(25-2)14-18(23-21)26-3/h7-11,14H,12-13H2,1-6H3/b9-7+. The zero-order valence-corrected chi connectivity index (χ0v) is 18.8. The van der Waals surface area contributed by atoms with Crippen LogP contribution in [0.4, 0.5) is 0 Å². The maximum Gasteiger partial charge on any atom is 0.342 e. The molecule has 0 saturated heterocycles. The largest absolute Gasteiger partial charge is 0.481 e. The summed E-state index contributed by atoms with van der Waals surface area (Å²) in [6, 6.07) is 7.73. The van der Waals surface area contributed by atoms with Crippen LogP contribution in [0, 0.1) is 0 Å². The van der Waals surface area contributed by atoms with Gasteiger partial charge in [0.1, 0.15) is 11.3 Å². The molecule has 2 rings (SSSR count). The number of benzene rings is 1. The lowest BCUT2D eigenvalue weighted by Crippen LogP contribution is -2.23. The van der Waals surface area contributed by atoms with Crippen molar-refractivity contribution >= 4 is 20.1 Å². The molecule has 1 aromatic carbocycles. The van der Waals surface area contributed by atoms with E-state index in [1.807, 2.05) is 25.1 Å². The fourth-order valence-electron chi connectivity index (χ4n) is 2.43. The molecule has 0 amide bonds. The van der Waals surface area contributed by atoms with Gasteiger partial charge in [0.05, 0.1) is 26.9 Å². The van der Waals surface area contributed by atoms with Gasteiger partial charge in [0.15, 0.2) is 0 Å². The Hall–Kier alpha value is -2.87. The normalized spacial score (nSPS) is 11.4. The van der Waals surface area contributed by atoms with Crippen LogP contribution in [-0.2, 0) is 4.74 Å². The smallest absolute Gasteiger partial charge is 0.342 e. The van der Waals surface area contributed by atoms with Gasteiger partial charge in [0.2, 0.25) is 11.8 Å². The number of carbonyl (C=O) groups is 1. The highest BCUT2D eigenvalue weighted by molar-refractivity contribution is 6.76. The second-order valence-electron chi connectivity index (χ2n) is 7.50. The molecule has 29 heavy (non-hydrogen) atoms. The van der Waals surface area contributed by atoms with Gasteiger partial charge in [-0.2, -0.15) is 9.97 Å². The molecule has 8 heteroatoms. The fraction of sp³-hybridized carbons (Fsp3) is 0.381. The maximum absolute atomic E-state index is 12.9. The molecule has 2 aromatic rings. The zero-order valence-electron chi connectivity index (χ0n) is 17.8. The lowest BCUT2D eigenvalue weighted by molar-refractivity contribution is 0.0522. The highest BCUT2D eigenvalue weighted by atomic mass is 28.3. The van der Waals surface area contributed by atoms with Crippen LogP contribution < -0.4 is 14.2 Å². The number of rotatable bonds is 9. The quantitative estimate of drug-likeness (QED) is 0.428. The van der Waals surface area contributed by atoms with Crippen molar-refractivity contribution < 1.29 is 23.7 Å². The molecule has 1 aromatic heterocycles. The minimum atomic E-state index is -1.32. The fourth-order valence-corrected chi connectivity index (χ4v) is 3.14. The molecule has 0 aliphatic carbocycles. The Balaban J connectivity index is 2.37. The number of aromatic nitrogens is 2. The molecule has 0 N–H and O–H groups in total. The highest BCUT2D eigenvalue weighted by Gasteiger charge is 2.21. The maximum atomic E-state index is 12.9. The van der Waals surface area contributed by atoms with Crippen molar-refractivity contribution in [3.63, 3.8) is 0 Å². The Morgan fingerprint density at radius 2 is 1.76 bits per heavy atom. The van der Waals surface area contributed by atoms with Gasteiger partial charge in [-0.25, -0.2) is 4.79 Å². The van der Waals surface area contributed by atoms with Crippen molar-refractivity contribution in [3.8, 4) is 23.5 Å². The van der Waals surface area contributed by atoms with Crippen molar-refractivity contribution in [2.75, 3.05) is 20.8 Å². The van der Waals surface area contributed by atoms with Crippen LogP contribution in [0.15, 0.2) is 30.3 Å². The van der Waals surface area contributed by atoms with E-state index in [4.69, 9.17) is 18.9 Å². The Bertz CT molecular complexity index is 856. The molecule has 0 atom stereocenters. The van der Waals surface area contributed by atoms with Gasteiger partial charge in [0, 0.05) is 8.07 Å². The third kappa shape index (κ3) is 6.60. The van der Waals surface area contributed by atoms with E-state index in [2.05, 4.69) is 29.6 Å². The first-order valence-electron chi connectivity index (χ1n) is 9.35. The lowest BCUT2D eigenvalue weighted by Gasteiger charge is -2.17. The molecule has 0 aliphatic heterocycles. The average Bonchev–Trinajstić information content (AvgIpc) is 2.67. The lowest BCUT2D eigenvalue weighted by atomic mass is 10.1. The van der Waals surface area contributed by atoms with Gasteiger partial charge < -0.3 is 18.9 Å². The third-order valence-corrected chi connectivity index (χ3v) is 5.68. The number of esters is 1. The Labute approximate surface area is 172 Å². The summed E-state index contributed by atoms with van der Waals surface area (Å²) in [7, 11) is 1.65. The Morgan fingerprint density at radius 1 is 1.10 bits per heavy atom. The van der Waals surface area contributed by atoms with Crippen LogP contribution >= 0.6 is 0 Å². The molecule has 0 unspecified atom stereocenters. The van der Waals surface area contributed by atoms with Crippen molar-refractivity contribution in [2.24, 2.45) is 0 Å². The van der Waals surface area contributed by atoms with E-state index < -0.39 is 14.0 Å². The molecule has 0 saturated carbocycles. The predicted molar refractivity (Wildman–Crippen MR) is 115 cm³/mol. The van der Waals surface area contributed by atoms with Gasteiger partial charge in [-0.1, -0.05) is 43.9 Å². The molecule has 7 nitrogen and oxygen atoms in total. The van der Waals surface area contributed by atoms with Crippen LogP contribution in [0.5, 0.6) is 23.5 Å². The van der Waals surface area contributed by atoms with E-state index in [9.17, 15) is 4.79 Å². The van der Waals surface area contributed by atoms with Crippen molar-refractivity contribution in [2.45, 2.75) is 32.6 Å². The Morgan fingerprint density at radius 3 is 2.31 bits per heavy atom. The molecule has 0 aliphatic rings. The first kappa shape index (κ1) is 22.4. The predicted octanol–water partition coefficient (Wildman–Crippen LogP) is 4.81. The monoisotopic (exact) mass is 416 g/mol. The first-order chi connectivity index (χ1) is 13.8. The SMILES string of the molecule is C/C=C/c1cccc(Oc2nc(OC)cc(OC)n2)c1C(=O)OCC[Si](C)(C)C. The number of hydrogen-bond acceptors (Lipinski definition) is 7. The van der Waals surface area contributed by atoms with Crippen LogP contribution in [0.1, 0.15) is 22.8 Å². The van der Waals surface area contributed by atoms with Gasteiger partial charge >= 0.3 is 12.0 Å². The van der Waals surface area contributed by atoms with Gasteiger partial charge in [0.25, 0.3) is 0 Å². The van der Waals surface area contributed by atoms with E-state index in [1.54, 1.807) is 12.1 Å². The average molecular weight is 417 g/mol. The summed E-state index contributed by atoms with van der Waals surface area (Å²) in [6.45, 7) is 8.95. The second kappa shape index (κ2) is 10.1. The summed E-state index contributed by atoms with van der Waals surface area (Å²) in [6.07, 6.45) is 3.68.